The Balaban J connectivity index is 2.39. The van der Waals surface area contributed by atoms with Crippen LogP contribution in [0.4, 0.5) is 16.0 Å². The van der Waals surface area contributed by atoms with Gasteiger partial charge in [0.2, 0.25) is 0 Å². The molecule has 0 saturated heterocycles. The van der Waals surface area contributed by atoms with E-state index < -0.39 is 0 Å². The van der Waals surface area contributed by atoms with Crippen LogP contribution in [0.25, 0.3) is 0 Å². The first-order valence-corrected chi connectivity index (χ1v) is 5.71. The van der Waals surface area contributed by atoms with Crippen LogP contribution >= 0.6 is 0 Å². The summed E-state index contributed by atoms with van der Waals surface area (Å²) in [4.78, 5) is 1.72. The topological polar surface area (TPSA) is 70.9 Å². The van der Waals surface area contributed by atoms with Gasteiger partial charge >= 0.3 is 0 Å². The molecular weight excluding hydrogens is 245 g/mol. The van der Waals surface area contributed by atoms with Crippen LogP contribution in [0, 0.1) is 17.1 Å². The molecule has 0 amide bonds. The van der Waals surface area contributed by atoms with E-state index in [9.17, 15) is 4.39 Å². The number of hydrogen-bond donors (Lipinski definition) is 1. The van der Waals surface area contributed by atoms with Gasteiger partial charge in [-0.15, -0.1) is 0 Å². The van der Waals surface area contributed by atoms with Gasteiger partial charge in [-0.1, -0.05) is 12.1 Å². The van der Waals surface area contributed by atoms with Gasteiger partial charge < -0.3 is 10.6 Å². The Morgan fingerprint density at radius 1 is 1.47 bits per heavy atom. The fourth-order valence-corrected chi connectivity index (χ4v) is 1.81. The first-order chi connectivity index (χ1) is 9.02. The summed E-state index contributed by atoms with van der Waals surface area (Å²) < 4.78 is 14.6. The van der Waals surface area contributed by atoms with Gasteiger partial charge in [-0.25, -0.2) is 9.07 Å². The lowest BCUT2D eigenvalue weighted by molar-refractivity contribution is 0.620. The Morgan fingerprint density at radius 3 is 2.74 bits per heavy atom. The van der Waals surface area contributed by atoms with Crippen LogP contribution in [0.3, 0.4) is 0 Å². The molecule has 1 aromatic heterocycles. The number of benzene rings is 1. The molecular formula is C13H14FN5. The molecule has 0 spiro atoms. The number of aromatic nitrogens is 2. The summed E-state index contributed by atoms with van der Waals surface area (Å²) in [7, 11) is 3.57. The summed E-state index contributed by atoms with van der Waals surface area (Å²) in [6.45, 7) is 0.326. The predicted octanol–water partition coefficient (Wildman–Crippen LogP) is 1.59. The van der Waals surface area contributed by atoms with Crippen molar-refractivity contribution in [3.63, 3.8) is 0 Å². The van der Waals surface area contributed by atoms with Gasteiger partial charge in [0, 0.05) is 14.1 Å². The summed E-state index contributed by atoms with van der Waals surface area (Å²) in [6, 6.07) is 8.25. The second-order valence-corrected chi connectivity index (χ2v) is 4.38. The second-order valence-electron chi connectivity index (χ2n) is 4.38. The van der Waals surface area contributed by atoms with E-state index in [1.165, 1.54) is 16.8 Å². The summed E-state index contributed by atoms with van der Waals surface area (Å²) in [5.74, 6) is 0.489. The molecule has 0 aliphatic rings. The van der Waals surface area contributed by atoms with Crippen LogP contribution in [0.1, 0.15) is 11.1 Å². The molecule has 2 N–H and O–H groups in total. The Labute approximate surface area is 110 Å². The highest BCUT2D eigenvalue weighted by atomic mass is 19.1. The highest BCUT2D eigenvalue weighted by molar-refractivity contribution is 5.64. The van der Waals surface area contributed by atoms with Crippen LogP contribution in [-0.2, 0) is 6.54 Å². The molecule has 98 valence electrons. The Kier molecular flexibility index (Phi) is 3.38. The fraction of sp³-hybridized carbons (Fsp3) is 0.231. The van der Waals surface area contributed by atoms with Crippen molar-refractivity contribution < 1.29 is 4.39 Å². The van der Waals surface area contributed by atoms with Crippen molar-refractivity contribution in [2.45, 2.75) is 6.54 Å². The van der Waals surface area contributed by atoms with Crippen molar-refractivity contribution >= 4 is 11.6 Å². The summed E-state index contributed by atoms with van der Waals surface area (Å²) in [6.07, 6.45) is 0. The molecule has 2 aromatic rings. The number of anilines is 2. The summed E-state index contributed by atoms with van der Waals surface area (Å²) >= 11 is 0. The predicted molar refractivity (Wildman–Crippen MR) is 71.2 cm³/mol. The SMILES string of the molecule is CN(C)c1nn(Cc2cccc(F)c2)c(N)c1C#N. The van der Waals surface area contributed by atoms with Gasteiger partial charge in [0.15, 0.2) is 5.82 Å². The lowest BCUT2D eigenvalue weighted by Crippen LogP contribution is -2.11. The van der Waals surface area contributed by atoms with Crippen molar-refractivity contribution in [2.24, 2.45) is 0 Å². The largest absolute Gasteiger partial charge is 0.383 e. The van der Waals surface area contributed by atoms with Crippen molar-refractivity contribution in [1.82, 2.24) is 9.78 Å². The minimum Gasteiger partial charge on any atom is -0.383 e. The van der Waals surface area contributed by atoms with E-state index in [0.29, 0.717) is 17.9 Å². The maximum Gasteiger partial charge on any atom is 0.170 e. The van der Waals surface area contributed by atoms with Gasteiger partial charge in [-0.05, 0) is 17.7 Å². The molecule has 0 bridgehead atoms. The average Bonchev–Trinajstić information content (AvgIpc) is 2.66. The number of halogens is 1. The maximum absolute atomic E-state index is 13.1. The highest BCUT2D eigenvalue weighted by Gasteiger charge is 2.16. The molecule has 0 aliphatic heterocycles. The molecule has 0 atom stereocenters. The molecule has 1 heterocycles. The molecule has 6 heteroatoms. The number of nitrogen functional groups attached to an aromatic ring is 1. The van der Waals surface area contributed by atoms with E-state index in [2.05, 4.69) is 5.10 Å². The molecule has 1 aromatic carbocycles. The molecule has 5 nitrogen and oxygen atoms in total. The van der Waals surface area contributed by atoms with E-state index in [1.807, 2.05) is 6.07 Å². The average molecular weight is 259 g/mol. The van der Waals surface area contributed by atoms with Gasteiger partial charge in [0.25, 0.3) is 0 Å². The van der Waals surface area contributed by atoms with Gasteiger partial charge in [-0.2, -0.15) is 10.4 Å². The number of nitrogens with two attached hydrogens (primary N) is 1. The Bertz CT molecular complexity index is 639. The van der Waals surface area contributed by atoms with Crippen molar-refractivity contribution in [1.29, 1.82) is 5.26 Å². The zero-order chi connectivity index (χ0) is 14.0. The molecule has 0 radical (unpaired) electrons. The van der Waals surface area contributed by atoms with Crippen LogP contribution in [0.5, 0.6) is 0 Å². The van der Waals surface area contributed by atoms with Crippen LogP contribution in [0.15, 0.2) is 24.3 Å². The first kappa shape index (κ1) is 12.9. The molecule has 19 heavy (non-hydrogen) atoms. The number of nitrogens with zero attached hydrogens (tertiary/aromatic N) is 4. The van der Waals surface area contributed by atoms with E-state index in [0.717, 1.165) is 5.56 Å². The van der Waals surface area contributed by atoms with Crippen LogP contribution in [-0.4, -0.2) is 23.9 Å². The highest BCUT2D eigenvalue weighted by Crippen LogP contribution is 2.23. The number of rotatable bonds is 3. The number of hydrogen-bond acceptors (Lipinski definition) is 4. The summed E-state index contributed by atoms with van der Waals surface area (Å²) in [5.41, 5.74) is 6.97. The first-order valence-electron chi connectivity index (χ1n) is 5.71. The zero-order valence-electron chi connectivity index (χ0n) is 10.8. The third-order valence-corrected chi connectivity index (χ3v) is 2.73. The van der Waals surface area contributed by atoms with E-state index >= 15 is 0 Å². The molecule has 0 saturated carbocycles. The lowest BCUT2D eigenvalue weighted by Gasteiger charge is -2.07. The quantitative estimate of drug-likeness (QED) is 0.908. The third kappa shape index (κ3) is 2.50. The molecule has 0 unspecified atom stereocenters. The van der Waals surface area contributed by atoms with E-state index in [4.69, 9.17) is 11.0 Å². The minimum absolute atomic E-state index is 0.287. The Morgan fingerprint density at radius 2 is 2.21 bits per heavy atom. The molecule has 0 aliphatic carbocycles. The maximum atomic E-state index is 13.1. The molecule has 0 fully saturated rings. The lowest BCUT2D eigenvalue weighted by atomic mass is 10.2. The van der Waals surface area contributed by atoms with Crippen molar-refractivity contribution in [3.8, 4) is 6.07 Å². The second kappa shape index (κ2) is 4.98. The summed E-state index contributed by atoms with van der Waals surface area (Å²) in [5, 5.41) is 13.4. The van der Waals surface area contributed by atoms with Crippen LogP contribution in [0.2, 0.25) is 0 Å². The standard InChI is InChI=1S/C13H14FN5/c1-18(2)13-11(7-15)12(16)19(17-13)8-9-4-3-5-10(14)6-9/h3-6H,8,16H2,1-2H3. The Hall–Kier alpha value is -2.55. The van der Waals surface area contributed by atoms with Crippen molar-refractivity contribution in [2.75, 3.05) is 24.7 Å². The van der Waals surface area contributed by atoms with E-state index in [-0.39, 0.29) is 11.6 Å². The minimum atomic E-state index is -0.309. The fourth-order valence-electron chi connectivity index (χ4n) is 1.81. The van der Waals surface area contributed by atoms with Gasteiger partial charge in [-0.3, -0.25) is 0 Å². The normalized spacial score (nSPS) is 10.2. The van der Waals surface area contributed by atoms with Crippen molar-refractivity contribution in [3.05, 3.63) is 41.2 Å². The monoisotopic (exact) mass is 259 g/mol. The van der Waals surface area contributed by atoms with Crippen LogP contribution < -0.4 is 10.6 Å². The zero-order valence-corrected chi connectivity index (χ0v) is 10.8. The number of nitriles is 1. The van der Waals surface area contributed by atoms with Gasteiger partial charge in [0.1, 0.15) is 23.3 Å². The smallest absolute Gasteiger partial charge is 0.170 e. The van der Waals surface area contributed by atoms with E-state index in [1.54, 1.807) is 31.1 Å². The van der Waals surface area contributed by atoms with Gasteiger partial charge in [0.05, 0.1) is 6.54 Å². The molecule has 2 rings (SSSR count). The third-order valence-electron chi connectivity index (χ3n) is 2.73.